The lowest BCUT2D eigenvalue weighted by Gasteiger charge is -2.38. The Morgan fingerprint density at radius 3 is 2.68 bits per heavy atom. The van der Waals surface area contributed by atoms with E-state index in [-0.39, 0.29) is 23.1 Å². The molecule has 1 aromatic carbocycles. The van der Waals surface area contributed by atoms with Gasteiger partial charge in [0.25, 0.3) is 0 Å². The third-order valence-electron chi connectivity index (χ3n) is 6.00. The summed E-state index contributed by atoms with van der Waals surface area (Å²) in [6, 6.07) is 4.98. The Hall–Kier alpha value is -2.84. The van der Waals surface area contributed by atoms with Gasteiger partial charge in [0.05, 0.1) is 32.1 Å². The smallest absolute Gasteiger partial charge is 0.341 e. The predicted molar refractivity (Wildman–Crippen MR) is 113 cm³/mol. The molecule has 8 heteroatoms. The summed E-state index contributed by atoms with van der Waals surface area (Å²) in [7, 11) is 3.21. The van der Waals surface area contributed by atoms with E-state index in [1.807, 2.05) is 16.7 Å². The van der Waals surface area contributed by atoms with Gasteiger partial charge in [0, 0.05) is 43.4 Å². The Bertz CT molecular complexity index is 1070. The molecule has 1 saturated heterocycles. The lowest BCUT2D eigenvalue weighted by atomic mass is 9.78. The number of hydrogen-bond donors (Lipinski definition) is 1. The van der Waals surface area contributed by atoms with Crippen LogP contribution in [0.25, 0.3) is 11.3 Å². The molecule has 0 bridgehead atoms. The molecule has 2 aromatic rings. The number of pyridine rings is 1. The van der Waals surface area contributed by atoms with E-state index < -0.39 is 11.4 Å². The van der Waals surface area contributed by atoms with E-state index in [1.165, 1.54) is 12.3 Å². The number of carboxylic acids is 1. The third-order valence-corrected chi connectivity index (χ3v) is 6.00. The highest BCUT2D eigenvalue weighted by Gasteiger charge is 2.49. The SMILES string of the molecule is COCCCOc1cc2c(cc1OC)-c1cc(=O)c(C(=O)O)cn1[C@H]1[C@@H]2OCC1(C)C. The molecule has 3 heterocycles. The van der Waals surface area contributed by atoms with Crippen LogP contribution in [0.5, 0.6) is 11.5 Å². The topological polar surface area (TPSA) is 96.2 Å². The van der Waals surface area contributed by atoms with Gasteiger partial charge in [-0.1, -0.05) is 13.8 Å². The fourth-order valence-corrected chi connectivity index (χ4v) is 4.52. The van der Waals surface area contributed by atoms with Crippen molar-refractivity contribution in [3.8, 4) is 22.8 Å². The molecule has 31 heavy (non-hydrogen) atoms. The Labute approximate surface area is 180 Å². The van der Waals surface area contributed by atoms with Crippen LogP contribution >= 0.6 is 0 Å². The van der Waals surface area contributed by atoms with Gasteiger partial charge in [0.15, 0.2) is 16.9 Å². The summed E-state index contributed by atoms with van der Waals surface area (Å²) in [5.41, 5.74) is 1.28. The second-order valence-electron chi connectivity index (χ2n) is 8.60. The lowest BCUT2D eigenvalue weighted by Crippen LogP contribution is -2.33. The van der Waals surface area contributed by atoms with Crippen LogP contribution in [0.15, 0.2) is 29.2 Å². The number of methoxy groups -OCH3 is 2. The minimum atomic E-state index is -1.24. The van der Waals surface area contributed by atoms with Crippen LogP contribution in [-0.4, -0.2) is 49.7 Å². The van der Waals surface area contributed by atoms with Crippen LogP contribution in [0.4, 0.5) is 0 Å². The van der Waals surface area contributed by atoms with Crippen molar-refractivity contribution in [2.75, 3.05) is 34.0 Å². The third kappa shape index (κ3) is 3.59. The van der Waals surface area contributed by atoms with Crippen molar-refractivity contribution in [2.24, 2.45) is 5.41 Å². The summed E-state index contributed by atoms with van der Waals surface area (Å²) in [6.45, 7) is 5.73. The minimum Gasteiger partial charge on any atom is -0.493 e. The van der Waals surface area contributed by atoms with Crippen LogP contribution in [0, 0.1) is 5.41 Å². The maximum atomic E-state index is 12.5. The van der Waals surface area contributed by atoms with Gasteiger partial charge in [-0.05, 0) is 17.7 Å². The van der Waals surface area contributed by atoms with Crippen molar-refractivity contribution >= 4 is 5.97 Å². The number of aromatic carboxylic acids is 1. The number of hydrogen-bond acceptors (Lipinski definition) is 6. The van der Waals surface area contributed by atoms with Gasteiger partial charge >= 0.3 is 5.97 Å². The molecule has 2 aliphatic rings. The summed E-state index contributed by atoms with van der Waals surface area (Å²) < 4.78 is 24.7. The molecule has 0 radical (unpaired) electrons. The van der Waals surface area contributed by atoms with Gasteiger partial charge in [-0.3, -0.25) is 4.79 Å². The zero-order chi connectivity index (χ0) is 22.3. The van der Waals surface area contributed by atoms with E-state index >= 15 is 0 Å². The summed E-state index contributed by atoms with van der Waals surface area (Å²) >= 11 is 0. The Balaban J connectivity index is 1.88. The van der Waals surface area contributed by atoms with E-state index in [1.54, 1.807) is 14.2 Å². The molecule has 1 N–H and O–H groups in total. The molecule has 1 aromatic heterocycles. The fraction of sp³-hybridized carbons (Fsp3) is 0.478. The van der Waals surface area contributed by atoms with Gasteiger partial charge in [-0.15, -0.1) is 0 Å². The van der Waals surface area contributed by atoms with Gasteiger partial charge in [-0.2, -0.15) is 0 Å². The lowest BCUT2D eigenvalue weighted by molar-refractivity contribution is 0.0692. The molecule has 0 spiro atoms. The maximum absolute atomic E-state index is 12.5. The van der Waals surface area contributed by atoms with E-state index in [2.05, 4.69) is 13.8 Å². The first-order valence-corrected chi connectivity index (χ1v) is 10.2. The van der Waals surface area contributed by atoms with E-state index in [0.717, 1.165) is 17.5 Å². The number of aromatic nitrogens is 1. The minimum absolute atomic E-state index is 0.163. The molecule has 166 valence electrons. The van der Waals surface area contributed by atoms with Gasteiger partial charge in [0.2, 0.25) is 0 Å². The Kier molecular flexibility index (Phi) is 5.53. The first-order valence-electron chi connectivity index (χ1n) is 10.2. The van der Waals surface area contributed by atoms with Gasteiger partial charge in [-0.25, -0.2) is 4.79 Å². The van der Waals surface area contributed by atoms with Crippen molar-refractivity contribution < 1.29 is 28.8 Å². The zero-order valence-electron chi connectivity index (χ0n) is 18.1. The zero-order valence-corrected chi connectivity index (χ0v) is 18.1. The summed E-state index contributed by atoms with van der Waals surface area (Å²) in [6.07, 6.45) is 1.88. The number of benzene rings is 1. The highest BCUT2D eigenvalue weighted by Crippen LogP contribution is 2.56. The highest BCUT2D eigenvalue weighted by molar-refractivity contribution is 5.88. The number of ether oxygens (including phenoxy) is 4. The summed E-state index contributed by atoms with van der Waals surface area (Å²) in [5.74, 6) is -0.104. The standard InChI is InChI=1S/C23H27NO7/c1-23(2)12-31-20-14-9-19(30-7-5-6-28-3)18(29-4)8-13(14)16-10-17(25)15(22(26)27)11-24(16)21(20)23/h8-11,20-21H,5-7,12H2,1-4H3,(H,26,27)/t20-,21+/m1/s1. The molecular formula is C23H27NO7. The molecule has 0 aliphatic carbocycles. The quantitative estimate of drug-likeness (QED) is 0.675. The van der Waals surface area contributed by atoms with Gasteiger partial charge < -0.3 is 28.6 Å². The number of nitrogens with zero attached hydrogens (tertiary/aromatic N) is 1. The van der Waals surface area contributed by atoms with Gasteiger partial charge in [0.1, 0.15) is 11.7 Å². The molecule has 8 nitrogen and oxygen atoms in total. The first-order chi connectivity index (χ1) is 14.8. The van der Waals surface area contributed by atoms with Crippen molar-refractivity contribution in [1.82, 2.24) is 4.57 Å². The predicted octanol–water partition coefficient (Wildman–Crippen LogP) is 3.29. The Morgan fingerprint density at radius 1 is 1.23 bits per heavy atom. The molecule has 2 atom stereocenters. The highest BCUT2D eigenvalue weighted by atomic mass is 16.5. The molecule has 1 fully saturated rings. The molecule has 4 rings (SSSR count). The average Bonchev–Trinajstić information content (AvgIpc) is 3.05. The summed E-state index contributed by atoms with van der Waals surface area (Å²) in [5, 5.41) is 9.48. The fourth-order valence-electron chi connectivity index (χ4n) is 4.52. The normalized spacial score (nSPS) is 20.5. The first kappa shape index (κ1) is 21.4. The average molecular weight is 429 g/mol. The van der Waals surface area contributed by atoms with Crippen LogP contribution in [-0.2, 0) is 9.47 Å². The molecule has 0 unspecified atom stereocenters. The maximum Gasteiger partial charge on any atom is 0.341 e. The van der Waals surface area contributed by atoms with Crippen molar-refractivity contribution in [2.45, 2.75) is 32.4 Å². The molecule has 0 amide bonds. The van der Waals surface area contributed by atoms with E-state index in [4.69, 9.17) is 18.9 Å². The summed E-state index contributed by atoms with van der Waals surface area (Å²) in [4.78, 5) is 24.1. The second kappa shape index (κ2) is 8.01. The molecule has 2 aliphatic heterocycles. The van der Waals surface area contributed by atoms with Crippen molar-refractivity contribution in [1.29, 1.82) is 0 Å². The van der Waals surface area contributed by atoms with Crippen LogP contribution < -0.4 is 14.9 Å². The monoisotopic (exact) mass is 429 g/mol. The van der Waals surface area contributed by atoms with Crippen LogP contribution in [0.3, 0.4) is 0 Å². The van der Waals surface area contributed by atoms with Crippen molar-refractivity contribution in [3.05, 3.63) is 45.7 Å². The van der Waals surface area contributed by atoms with Crippen LogP contribution in [0.2, 0.25) is 0 Å². The molecular weight excluding hydrogens is 402 g/mol. The number of carbonyl (C=O) groups is 1. The number of rotatable bonds is 7. The number of carboxylic acid groups (broad SMARTS) is 1. The van der Waals surface area contributed by atoms with E-state index in [0.29, 0.717) is 37.0 Å². The van der Waals surface area contributed by atoms with E-state index in [9.17, 15) is 14.7 Å². The largest absolute Gasteiger partial charge is 0.493 e. The Morgan fingerprint density at radius 2 is 2.00 bits per heavy atom. The second-order valence-corrected chi connectivity index (χ2v) is 8.60. The van der Waals surface area contributed by atoms with Crippen molar-refractivity contribution in [3.63, 3.8) is 0 Å². The number of fused-ring (bicyclic) bond motifs is 6. The van der Waals surface area contributed by atoms with Crippen LogP contribution in [0.1, 0.15) is 48.3 Å². The molecule has 0 saturated carbocycles.